The molecule has 14 heavy (non-hydrogen) atoms. The molecule has 0 unspecified atom stereocenters. The van der Waals surface area contributed by atoms with E-state index in [-0.39, 0.29) is 11.2 Å². The molecule has 1 aliphatic rings. The predicted molar refractivity (Wildman–Crippen MR) is 58.5 cm³/mol. The highest BCUT2D eigenvalue weighted by atomic mass is 16.6. The zero-order valence-electron chi connectivity index (χ0n) is 10.4. The fraction of sp³-hybridized carbons (Fsp3) is 1.00. The molecule has 1 aliphatic carbocycles. The summed E-state index contributed by atoms with van der Waals surface area (Å²) < 4.78 is 11.8. The lowest BCUT2D eigenvalue weighted by molar-refractivity contribution is -0.203. The van der Waals surface area contributed by atoms with Crippen molar-refractivity contribution in [3.05, 3.63) is 0 Å². The monoisotopic (exact) mass is 200 g/mol. The summed E-state index contributed by atoms with van der Waals surface area (Å²) >= 11 is 0. The standard InChI is InChI=1S/C12H24O2/c1-11(2,3)13-9-7-8-10(9)14-12(4,5)6/h9-10H,7-8H2,1-6H3/t9-,10-/m1/s1. The van der Waals surface area contributed by atoms with Gasteiger partial charge in [0.05, 0.1) is 23.4 Å². The van der Waals surface area contributed by atoms with Crippen molar-refractivity contribution in [1.82, 2.24) is 0 Å². The third kappa shape index (κ3) is 3.97. The van der Waals surface area contributed by atoms with Crippen molar-refractivity contribution in [2.45, 2.75) is 77.8 Å². The number of hydrogen-bond acceptors (Lipinski definition) is 2. The maximum atomic E-state index is 5.91. The van der Waals surface area contributed by atoms with Gasteiger partial charge in [-0.25, -0.2) is 0 Å². The van der Waals surface area contributed by atoms with E-state index in [2.05, 4.69) is 41.5 Å². The molecule has 1 saturated carbocycles. The van der Waals surface area contributed by atoms with Crippen LogP contribution < -0.4 is 0 Å². The summed E-state index contributed by atoms with van der Waals surface area (Å²) in [7, 11) is 0. The minimum Gasteiger partial charge on any atom is -0.370 e. The molecule has 84 valence electrons. The molecule has 0 N–H and O–H groups in total. The molecule has 2 heteroatoms. The molecule has 2 nitrogen and oxygen atoms in total. The van der Waals surface area contributed by atoms with Crippen LogP contribution in [0.2, 0.25) is 0 Å². The molecule has 0 heterocycles. The normalized spacial score (nSPS) is 28.7. The summed E-state index contributed by atoms with van der Waals surface area (Å²) in [5, 5.41) is 0. The van der Waals surface area contributed by atoms with Crippen molar-refractivity contribution in [2.75, 3.05) is 0 Å². The van der Waals surface area contributed by atoms with Gasteiger partial charge in [0.25, 0.3) is 0 Å². The third-order valence-electron chi connectivity index (χ3n) is 2.16. The van der Waals surface area contributed by atoms with E-state index in [1.54, 1.807) is 0 Å². The van der Waals surface area contributed by atoms with Crippen molar-refractivity contribution < 1.29 is 9.47 Å². The highest BCUT2D eigenvalue weighted by Gasteiger charge is 2.37. The minimum absolute atomic E-state index is 0.0510. The van der Waals surface area contributed by atoms with Gasteiger partial charge in [0.2, 0.25) is 0 Å². The molecule has 0 amide bonds. The van der Waals surface area contributed by atoms with E-state index < -0.39 is 0 Å². The second kappa shape index (κ2) is 3.82. The van der Waals surface area contributed by atoms with E-state index in [0.717, 1.165) is 12.8 Å². The topological polar surface area (TPSA) is 18.5 Å². The van der Waals surface area contributed by atoms with Crippen LogP contribution in [0.1, 0.15) is 54.4 Å². The van der Waals surface area contributed by atoms with E-state index in [0.29, 0.717) is 12.2 Å². The first-order valence-corrected chi connectivity index (χ1v) is 5.53. The van der Waals surface area contributed by atoms with Crippen LogP contribution in [0.4, 0.5) is 0 Å². The maximum Gasteiger partial charge on any atom is 0.0845 e. The molecule has 0 spiro atoms. The van der Waals surface area contributed by atoms with E-state index in [9.17, 15) is 0 Å². The summed E-state index contributed by atoms with van der Waals surface area (Å²) in [6.45, 7) is 12.6. The molecule has 0 aromatic rings. The second-order valence-corrected chi connectivity index (χ2v) is 6.11. The molecule has 0 aliphatic heterocycles. The van der Waals surface area contributed by atoms with Crippen LogP contribution in [-0.4, -0.2) is 23.4 Å². The van der Waals surface area contributed by atoms with Gasteiger partial charge in [0.15, 0.2) is 0 Å². The van der Waals surface area contributed by atoms with Crippen LogP contribution in [0.25, 0.3) is 0 Å². The quantitative estimate of drug-likeness (QED) is 0.681. The van der Waals surface area contributed by atoms with Crippen LogP contribution in [-0.2, 0) is 9.47 Å². The Morgan fingerprint density at radius 3 is 1.14 bits per heavy atom. The predicted octanol–water partition coefficient (Wildman–Crippen LogP) is 3.15. The molecular weight excluding hydrogens is 176 g/mol. The van der Waals surface area contributed by atoms with Crippen molar-refractivity contribution in [2.24, 2.45) is 0 Å². The van der Waals surface area contributed by atoms with Gasteiger partial charge in [-0.15, -0.1) is 0 Å². The van der Waals surface area contributed by atoms with E-state index in [1.165, 1.54) is 0 Å². The van der Waals surface area contributed by atoms with Gasteiger partial charge in [-0.3, -0.25) is 0 Å². The largest absolute Gasteiger partial charge is 0.370 e. The summed E-state index contributed by atoms with van der Waals surface area (Å²) in [6, 6.07) is 0. The van der Waals surface area contributed by atoms with Crippen molar-refractivity contribution in [3.8, 4) is 0 Å². The van der Waals surface area contributed by atoms with E-state index in [1.807, 2.05) is 0 Å². The summed E-state index contributed by atoms with van der Waals surface area (Å²) in [6.07, 6.45) is 2.87. The Morgan fingerprint density at radius 1 is 0.714 bits per heavy atom. The van der Waals surface area contributed by atoms with Crippen LogP contribution in [0.5, 0.6) is 0 Å². The number of ether oxygens (including phenoxy) is 2. The molecule has 0 bridgehead atoms. The average Bonchev–Trinajstić information content (AvgIpc) is 1.91. The summed E-state index contributed by atoms with van der Waals surface area (Å²) in [5.74, 6) is 0. The highest BCUT2D eigenvalue weighted by molar-refractivity contribution is 4.86. The Kier molecular flexibility index (Phi) is 3.27. The molecule has 1 fully saturated rings. The van der Waals surface area contributed by atoms with Crippen LogP contribution >= 0.6 is 0 Å². The number of hydrogen-bond donors (Lipinski definition) is 0. The summed E-state index contributed by atoms with van der Waals surface area (Å²) in [5.41, 5.74) is -0.102. The van der Waals surface area contributed by atoms with Crippen LogP contribution in [0.3, 0.4) is 0 Å². The molecule has 0 saturated heterocycles. The lowest BCUT2D eigenvalue weighted by Crippen LogP contribution is -2.48. The smallest absolute Gasteiger partial charge is 0.0845 e. The minimum atomic E-state index is -0.0510. The molecule has 0 radical (unpaired) electrons. The maximum absolute atomic E-state index is 5.91. The average molecular weight is 200 g/mol. The third-order valence-corrected chi connectivity index (χ3v) is 2.16. The SMILES string of the molecule is CC(C)(C)O[C@@H]1CC[C@H]1OC(C)(C)C. The van der Waals surface area contributed by atoms with Gasteiger partial charge in [0, 0.05) is 0 Å². The van der Waals surface area contributed by atoms with Crippen molar-refractivity contribution in [3.63, 3.8) is 0 Å². The van der Waals surface area contributed by atoms with Gasteiger partial charge < -0.3 is 9.47 Å². The molecular formula is C12H24O2. The fourth-order valence-corrected chi connectivity index (χ4v) is 1.62. The molecule has 1 rings (SSSR count). The lowest BCUT2D eigenvalue weighted by atomic mass is 9.90. The first-order chi connectivity index (χ1) is 6.17. The Morgan fingerprint density at radius 2 is 1.00 bits per heavy atom. The summed E-state index contributed by atoms with van der Waals surface area (Å²) in [4.78, 5) is 0. The first kappa shape index (κ1) is 12.0. The van der Waals surface area contributed by atoms with Gasteiger partial charge >= 0.3 is 0 Å². The Bertz CT molecular complexity index is 163. The van der Waals surface area contributed by atoms with E-state index in [4.69, 9.17) is 9.47 Å². The van der Waals surface area contributed by atoms with E-state index >= 15 is 0 Å². The van der Waals surface area contributed by atoms with Gasteiger partial charge in [-0.2, -0.15) is 0 Å². The lowest BCUT2D eigenvalue weighted by Gasteiger charge is -2.43. The fourth-order valence-electron chi connectivity index (χ4n) is 1.62. The zero-order chi connectivity index (χ0) is 11.0. The molecule has 0 aromatic carbocycles. The first-order valence-electron chi connectivity index (χ1n) is 5.53. The molecule has 0 aromatic heterocycles. The van der Waals surface area contributed by atoms with Gasteiger partial charge in [-0.05, 0) is 54.4 Å². The van der Waals surface area contributed by atoms with Crippen molar-refractivity contribution in [1.29, 1.82) is 0 Å². The van der Waals surface area contributed by atoms with Gasteiger partial charge in [0.1, 0.15) is 0 Å². The van der Waals surface area contributed by atoms with Crippen LogP contribution in [0, 0.1) is 0 Å². The van der Waals surface area contributed by atoms with Gasteiger partial charge in [-0.1, -0.05) is 0 Å². The molecule has 2 atom stereocenters. The highest BCUT2D eigenvalue weighted by Crippen LogP contribution is 2.32. The Hall–Kier alpha value is -0.0800. The van der Waals surface area contributed by atoms with Crippen LogP contribution in [0.15, 0.2) is 0 Å². The Labute approximate surface area is 88.0 Å². The van der Waals surface area contributed by atoms with Crippen molar-refractivity contribution >= 4 is 0 Å². The number of rotatable bonds is 2. The Balaban J connectivity index is 2.36. The zero-order valence-corrected chi connectivity index (χ0v) is 10.4. The second-order valence-electron chi connectivity index (χ2n) is 6.11.